The highest BCUT2D eigenvalue weighted by Crippen LogP contribution is 2.23. The molecule has 3 nitrogen and oxygen atoms in total. The molecule has 0 saturated heterocycles. The molecule has 2 rings (SSSR count). The van der Waals surface area contributed by atoms with Gasteiger partial charge in [-0.1, -0.05) is 42.3 Å². The van der Waals surface area contributed by atoms with E-state index < -0.39 is 0 Å². The first kappa shape index (κ1) is 15.1. The first-order valence-corrected chi connectivity index (χ1v) is 7.26. The molecule has 0 aliphatic carbocycles. The van der Waals surface area contributed by atoms with Crippen LogP contribution in [0.5, 0.6) is 5.88 Å². The van der Waals surface area contributed by atoms with Gasteiger partial charge in [0, 0.05) is 17.0 Å². The van der Waals surface area contributed by atoms with Crippen LogP contribution in [-0.4, -0.2) is 9.97 Å². The summed E-state index contributed by atoms with van der Waals surface area (Å²) >= 11 is 12.0. The molecule has 0 unspecified atom stereocenters. The van der Waals surface area contributed by atoms with E-state index in [0.717, 1.165) is 24.0 Å². The van der Waals surface area contributed by atoms with Gasteiger partial charge in [-0.3, -0.25) is 0 Å². The first-order valence-electron chi connectivity index (χ1n) is 6.50. The number of aromatic nitrogens is 2. The summed E-state index contributed by atoms with van der Waals surface area (Å²) in [7, 11) is 0. The van der Waals surface area contributed by atoms with Crippen LogP contribution in [0.1, 0.15) is 30.3 Å². The van der Waals surface area contributed by atoms with Crippen LogP contribution in [0, 0.1) is 6.92 Å². The van der Waals surface area contributed by atoms with E-state index in [1.54, 1.807) is 0 Å². The van der Waals surface area contributed by atoms with Gasteiger partial charge in [-0.2, -0.15) is 4.98 Å². The highest BCUT2D eigenvalue weighted by atomic mass is 35.5. The maximum Gasteiger partial charge on any atom is 0.221 e. The Labute approximate surface area is 128 Å². The van der Waals surface area contributed by atoms with E-state index in [9.17, 15) is 0 Å². The summed E-state index contributed by atoms with van der Waals surface area (Å²) in [5, 5.41) is 1.16. The minimum atomic E-state index is 0.427. The van der Waals surface area contributed by atoms with Gasteiger partial charge in [0.15, 0.2) is 0 Å². The van der Waals surface area contributed by atoms with Gasteiger partial charge in [0.2, 0.25) is 5.88 Å². The zero-order valence-corrected chi connectivity index (χ0v) is 13.0. The van der Waals surface area contributed by atoms with Crippen molar-refractivity contribution in [2.24, 2.45) is 0 Å². The van der Waals surface area contributed by atoms with E-state index in [1.807, 2.05) is 31.2 Å². The Balaban J connectivity index is 2.13. The van der Waals surface area contributed by atoms with Crippen LogP contribution in [0.3, 0.4) is 0 Å². The minimum Gasteiger partial charge on any atom is -0.472 e. The highest BCUT2D eigenvalue weighted by molar-refractivity contribution is 6.30. The molecular formula is C15H16Cl2N2O. The number of aryl methyl sites for hydroxylation is 1. The third kappa shape index (κ3) is 3.84. The first-order chi connectivity index (χ1) is 9.60. The van der Waals surface area contributed by atoms with Crippen LogP contribution in [0.2, 0.25) is 10.2 Å². The molecule has 106 valence electrons. The van der Waals surface area contributed by atoms with Gasteiger partial charge >= 0.3 is 0 Å². The predicted octanol–water partition coefficient (Wildman–Crippen LogP) is 4.62. The summed E-state index contributed by atoms with van der Waals surface area (Å²) in [6.45, 7) is 4.36. The quantitative estimate of drug-likeness (QED) is 0.756. The monoisotopic (exact) mass is 310 g/mol. The van der Waals surface area contributed by atoms with Crippen LogP contribution >= 0.6 is 23.2 Å². The molecule has 0 saturated carbocycles. The van der Waals surface area contributed by atoms with Crippen molar-refractivity contribution in [1.29, 1.82) is 0 Å². The van der Waals surface area contributed by atoms with Gasteiger partial charge < -0.3 is 4.74 Å². The third-order valence-corrected chi connectivity index (χ3v) is 3.47. The Morgan fingerprint density at radius 1 is 1.10 bits per heavy atom. The Morgan fingerprint density at radius 2 is 1.80 bits per heavy atom. The second-order valence-electron chi connectivity index (χ2n) is 4.53. The lowest BCUT2D eigenvalue weighted by atomic mass is 10.2. The van der Waals surface area contributed by atoms with E-state index in [0.29, 0.717) is 28.5 Å². The average Bonchev–Trinajstić information content (AvgIpc) is 2.43. The number of ether oxygens (including phenoxy) is 1. The normalized spacial score (nSPS) is 10.6. The lowest BCUT2D eigenvalue weighted by Crippen LogP contribution is -2.04. The van der Waals surface area contributed by atoms with Crippen molar-refractivity contribution in [2.75, 3.05) is 0 Å². The molecule has 5 heteroatoms. The van der Waals surface area contributed by atoms with Crippen molar-refractivity contribution >= 4 is 23.2 Å². The number of halogens is 2. The molecule has 1 heterocycles. The molecular weight excluding hydrogens is 295 g/mol. The van der Waals surface area contributed by atoms with Crippen molar-refractivity contribution in [1.82, 2.24) is 9.97 Å². The number of hydrogen-bond acceptors (Lipinski definition) is 3. The fourth-order valence-electron chi connectivity index (χ4n) is 1.72. The van der Waals surface area contributed by atoms with Gasteiger partial charge in [0.05, 0.1) is 0 Å². The molecule has 0 fully saturated rings. The highest BCUT2D eigenvalue weighted by Gasteiger charge is 2.10. The van der Waals surface area contributed by atoms with Gasteiger partial charge in [-0.15, -0.1) is 0 Å². The molecule has 0 radical (unpaired) electrons. The van der Waals surface area contributed by atoms with Crippen LogP contribution < -0.4 is 4.74 Å². The Bertz CT molecular complexity index is 585. The molecule has 1 aromatic carbocycles. The smallest absolute Gasteiger partial charge is 0.221 e. The van der Waals surface area contributed by atoms with Crippen LogP contribution in [-0.2, 0) is 13.0 Å². The van der Waals surface area contributed by atoms with E-state index in [1.165, 1.54) is 0 Å². The zero-order chi connectivity index (χ0) is 14.5. The summed E-state index contributed by atoms with van der Waals surface area (Å²) in [4.78, 5) is 8.66. The molecule has 20 heavy (non-hydrogen) atoms. The largest absolute Gasteiger partial charge is 0.472 e. The van der Waals surface area contributed by atoms with Crippen molar-refractivity contribution in [3.05, 3.63) is 51.4 Å². The topological polar surface area (TPSA) is 35.0 Å². The molecule has 0 N–H and O–H groups in total. The summed E-state index contributed by atoms with van der Waals surface area (Å²) in [6.07, 6.45) is 1.76. The molecule has 0 spiro atoms. The lowest BCUT2D eigenvalue weighted by Gasteiger charge is -2.10. The van der Waals surface area contributed by atoms with Gasteiger partial charge in [-0.25, -0.2) is 4.98 Å². The molecule has 0 aliphatic heterocycles. The summed E-state index contributed by atoms with van der Waals surface area (Å²) in [5.41, 5.74) is 1.79. The standard InChI is InChI=1S/C15H16Cl2N2O/c1-3-4-13-18-14(17)10(2)15(19-13)20-9-11-5-7-12(16)8-6-11/h5-8H,3-4,9H2,1-2H3. The van der Waals surface area contributed by atoms with Crippen molar-refractivity contribution < 1.29 is 4.74 Å². The maximum absolute atomic E-state index is 6.11. The number of hydrogen-bond donors (Lipinski definition) is 0. The van der Waals surface area contributed by atoms with Crippen LogP contribution in [0.25, 0.3) is 0 Å². The van der Waals surface area contributed by atoms with E-state index in [-0.39, 0.29) is 0 Å². The Hall–Kier alpha value is -1.32. The van der Waals surface area contributed by atoms with Gasteiger partial charge in [0.25, 0.3) is 0 Å². The lowest BCUT2D eigenvalue weighted by molar-refractivity contribution is 0.290. The number of nitrogens with zero attached hydrogens (tertiary/aromatic N) is 2. The van der Waals surface area contributed by atoms with Crippen molar-refractivity contribution in [3.8, 4) is 5.88 Å². The second-order valence-corrected chi connectivity index (χ2v) is 5.32. The van der Waals surface area contributed by atoms with Gasteiger partial charge in [0.1, 0.15) is 17.6 Å². The minimum absolute atomic E-state index is 0.427. The van der Waals surface area contributed by atoms with E-state index in [2.05, 4.69) is 16.9 Å². The molecule has 0 aliphatic rings. The number of rotatable bonds is 5. The maximum atomic E-state index is 6.11. The number of benzene rings is 1. The zero-order valence-electron chi connectivity index (χ0n) is 11.5. The summed E-state index contributed by atoms with van der Waals surface area (Å²) in [6, 6.07) is 7.52. The fraction of sp³-hybridized carbons (Fsp3) is 0.333. The molecule has 0 bridgehead atoms. The van der Waals surface area contributed by atoms with Crippen LogP contribution in [0.15, 0.2) is 24.3 Å². The predicted molar refractivity (Wildman–Crippen MR) is 81.6 cm³/mol. The third-order valence-electron chi connectivity index (χ3n) is 2.85. The average molecular weight is 311 g/mol. The Morgan fingerprint density at radius 3 is 2.45 bits per heavy atom. The van der Waals surface area contributed by atoms with E-state index in [4.69, 9.17) is 27.9 Å². The Kier molecular flexibility index (Phi) is 5.21. The molecule has 2 aromatic rings. The van der Waals surface area contributed by atoms with Gasteiger partial charge in [-0.05, 0) is 31.0 Å². The van der Waals surface area contributed by atoms with E-state index >= 15 is 0 Å². The van der Waals surface area contributed by atoms with Crippen LogP contribution in [0.4, 0.5) is 0 Å². The SMILES string of the molecule is CCCc1nc(Cl)c(C)c(OCc2ccc(Cl)cc2)n1. The summed E-state index contributed by atoms with van der Waals surface area (Å²) in [5.74, 6) is 1.26. The fourth-order valence-corrected chi connectivity index (χ4v) is 2.02. The second kappa shape index (κ2) is 6.91. The summed E-state index contributed by atoms with van der Waals surface area (Å²) < 4.78 is 5.75. The molecule has 1 aromatic heterocycles. The molecule has 0 amide bonds. The van der Waals surface area contributed by atoms with Crippen molar-refractivity contribution in [2.45, 2.75) is 33.3 Å². The molecule has 0 atom stereocenters. The van der Waals surface area contributed by atoms with Crippen molar-refractivity contribution in [3.63, 3.8) is 0 Å².